The van der Waals surface area contributed by atoms with Crippen LogP contribution in [-0.4, -0.2) is 30.8 Å². The molecule has 0 saturated carbocycles. The minimum Gasteiger partial charge on any atom is -0.306 e. The molecule has 1 rings (SSSR count). The Kier molecular flexibility index (Phi) is 3.73. The van der Waals surface area contributed by atoms with Crippen molar-refractivity contribution in [3.05, 3.63) is 0 Å². The Bertz CT molecular complexity index is 116. The zero-order valence-electron chi connectivity index (χ0n) is 7.58. The first-order chi connectivity index (χ1) is 5.24. The van der Waals surface area contributed by atoms with Gasteiger partial charge >= 0.3 is 0 Å². The van der Waals surface area contributed by atoms with Crippen molar-refractivity contribution in [1.29, 1.82) is 0 Å². The van der Waals surface area contributed by atoms with Crippen LogP contribution >= 0.6 is 12.6 Å². The molecule has 1 fully saturated rings. The van der Waals surface area contributed by atoms with E-state index in [0.29, 0.717) is 0 Å². The molecule has 0 spiro atoms. The lowest BCUT2D eigenvalue weighted by Crippen LogP contribution is -2.27. The van der Waals surface area contributed by atoms with Crippen LogP contribution in [-0.2, 0) is 0 Å². The van der Waals surface area contributed by atoms with Crippen molar-refractivity contribution in [2.24, 2.45) is 11.8 Å². The first kappa shape index (κ1) is 9.40. The smallest absolute Gasteiger partial charge is 0.00170 e. The first-order valence-electron chi connectivity index (χ1n) is 4.53. The monoisotopic (exact) mass is 173 g/mol. The number of rotatable bonds is 1. The SMILES string of the molecule is C[C@@H]1CCCN(C)CC1CS. The Morgan fingerprint density at radius 1 is 1.55 bits per heavy atom. The summed E-state index contributed by atoms with van der Waals surface area (Å²) in [4.78, 5) is 2.43. The number of hydrogen-bond acceptors (Lipinski definition) is 2. The maximum absolute atomic E-state index is 4.38. The molecule has 0 aliphatic carbocycles. The molecule has 1 aliphatic heterocycles. The summed E-state index contributed by atoms with van der Waals surface area (Å²) in [5.41, 5.74) is 0. The number of likely N-dealkylation sites (tertiary alicyclic amines) is 1. The van der Waals surface area contributed by atoms with E-state index in [9.17, 15) is 0 Å². The molecule has 0 N–H and O–H groups in total. The van der Waals surface area contributed by atoms with Gasteiger partial charge in [-0.15, -0.1) is 0 Å². The van der Waals surface area contributed by atoms with Crippen molar-refractivity contribution in [2.75, 3.05) is 25.9 Å². The first-order valence-corrected chi connectivity index (χ1v) is 5.16. The van der Waals surface area contributed by atoms with Crippen molar-refractivity contribution in [1.82, 2.24) is 4.90 Å². The maximum Gasteiger partial charge on any atom is 0.00170 e. The van der Waals surface area contributed by atoms with Gasteiger partial charge in [-0.3, -0.25) is 0 Å². The maximum atomic E-state index is 4.38. The summed E-state index contributed by atoms with van der Waals surface area (Å²) < 4.78 is 0. The van der Waals surface area contributed by atoms with E-state index >= 15 is 0 Å². The normalized spacial score (nSPS) is 35.2. The summed E-state index contributed by atoms with van der Waals surface area (Å²) >= 11 is 4.38. The third kappa shape index (κ3) is 2.68. The van der Waals surface area contributed by atoms with Gasteiger partial charge in [-0.1, -0.05) is 6.92 Å². The van der Waals surface area contributed by atoms with Crippen molar-refractivity contribution in [2.45, 2.75) is 19.8 Å². The second kappa shape index (κ2) is 4.36. The molecule has 0 amide bonds. The van der Waals surface area contributed by atoms with Gasteiger partial charge < -0.3 is 4.90 Å². The molecule has 1 unspecified atom stereocenters. The fourth-order valence-corrected chi connectivity index (χ4v) is 2.30. The van der Waals surface area contributed by atoms with E-state index in [1.54, 1.807) is 0 Å². The quantitative estimate of drug-likeness (QED) is 0.593. The molecule has 11 heavy (non-hydrogen) atoms. The molecule has 1 aliphatic rings. The van der Waals surface area contributed by atoms with Crippen LogP contribution in [0.4, 0.5) is 0 Å². The Balaban J connectivity index is 2.45. The van der Waals surface area contributed by atoms with Crippen molar-refractivity contribution < 1.29 is 0 Å². The van der Waals surface area contributed by atoms with Crippen molar-refractivity contribution in [3.8, 4) is 0 Å². The van der Waals surface area contributed by atoms with E-state index < -0.39 is 0 Å². The molecular weight excluding hydrogens is 154 g/mol. The predicted molar refractivity (Wildman–Crippen MR) is 53.2 cm³/mol. The molecule has 0 aromatic heterocycles. The van der Waals surface area contributed by atoms with Gasteiger partial charge in [0.15, 0.2) is 0 Å². The van der Waals surface area contributed by atoms with Crippen LogP contribution in [0.15, 0.2) is 0 Å². The zero-order valence-corrected chi connectivity index (χ0v) is 8.48. The van der Waals surface area contributed by atoms with Crippen LogP contribution in [0.3, 0.4) is 0 Å². The van der Waals surface area contributed by atoms with Gasteiger partial charge in [0.25, 0.3) is 0 Å². The third-order valence-electron chi connectivity index (χ3n) is 2.78. The van der Waals surface area contributed by atoms with E-state index in [2.05, 4.69) is 31.5 Å². The van der Waals surface area contributed by atoms with Crippen molar-refractivity contribution >= 4 is 12.6 Å². The second-order valence-electron chi connectivity index (χ2n) is 3.82. The second-order valence-corrected chi connectivity index (χ2v) is 4.19. The lowest BCUT2D eigenvalue weighted by Gasteiger charge is -2.21. The highest BCUT2D eigenvalue weighted by molar-refractivity contribution is 7.80. The molecule has 0 aromatic carbocycles. The van der Waals surface area contributed by atoms with Gasteiger partial charge in [0.05, 0.1) is 0 Å². The number of nitrogens with zero attached hydrogens (tertiary/aromatic N) is 1. The summed E-state index contributed by atoms with van der Waals surface area (Å²) in [7, 11) is 2.22. The lowest BCUT2D eigenvalue weighted by molar-refractivity contribution is 0.287. The largest absolute Gasteiger partial charge is 0.306 e. The number of thiol groups is 1. The van der Waals surface area contributed by atoms with Gasteiger partial charge in [0.1, 0.15) is 0 Å². The van der Waals surface area contributed by atoms with Crippen LogP contribution in [0.1, 0.15) is 19.8 Å². The van der Waals surface area contributed by atoms with Crippen molar-refractivity contribution in [3.63, 3.8) is 0 Å². The average molecular weight is 173 g/mol. The predicted octanol–water partition coefficient (Wildman–Crippen LogP) is 1.89. The van der Waals surface area contributed by atoms with Crippen LogP contribution in [0.2, 0.25) is 0 Å². The van der Waals surface area contributed by atoms with Gasteiger partial charge in [0, 0.05) is 6.54 Å². The summed E-state index contributed by atoms with van der Waals surface area (Å²) in [6, 6.07) is 0. The summed E-state index contributed by atoms with van der Waals surface area (Å²) in [5, 5.41) is 0. The van der Waals surface area contributed by atoms with E-state index in [1.807, 2.05) is 0 Å². The highest BCUT2D eigenvalue weighted by atomic mass is 32.1. The molecule has 0 bridgehead atoms. The lowest BCUT2D eigenvalue weighted by atomic mass is 9.93. The number of hydrogen-bond donors (Lipinski definition) is 1. The van der Waals surface area contributed by atoms with E-state index in [4.69, 9.17) is 0 Å². The highest BCUT2D eigenvalue weighted by Gasteiger charge is 2.20. The van der Waals surface area contributed by atoms with Gasteiger partial charge in [-0.05, 0) is 44.0 Å². The fraction of sp³-hybridized carbons (Fsp3) is 1.00. The Hall–Kier alpha value is 0.310. The summed E-state index contributed by atoms with van der Waals surface area (Å²) in [6.07, 6.45) is 2.75. The van der Waals surface area contributed by atoms with Gasteiger partial charge in [0.2, 0.25) is 0 Å². The molecule has 0 aromatic rings. The molecular formula is C9H19NS. The Morgan fingerprint density at radius 3 is 2.91 bits per heavy atom. The molecule has 66 valence electrons. The molecule has 1 heterocycles. The van der Waals surface area contributed by atoms with Crippen LogP contribution in [0, 0.1) is 11.8 Å². The topological polar surface area (TPSA) is 3.24 Å². The Morgan fingerprint density at radius 2 is 2.27 bits per heavy atom. The van der Waals surface area contributed by atoms with Crippen LogP contribution in [0.5, 0.6) is 0 Å². The van der Waals surface area contributed by atoms with Crippen LogP contribution in [0.25, 0.3) is 0 Å². The third-order valence-corrected chi connectivity index (χ3v) is 3.25. The fourth-order valence-electron chi connectivity index (χ4n) is 1.83. The van der Waals surface area contributed by atoms with E-state index in [-0.39, 0.29) is 0 Å². The average Bonchev–Trinajstić information content (AvgIpc) is 2.13. The molecule has 2 atom stereocenters. The molecule has 2 heteroatoms. The minimum atomic E-state index is 0.811. The van der Waals surface area contributed by atoms with Crippen LogP contribution < -0.4 is 0 Å². The molecule has 0 radical (unpaired) electrons. The van der Waals surface area contributed by atoms with Gasteiger partial charge in [-0.2, -0.15) is 12.6 Å². The molecule has 1 nitrogen and oxygen atoms in total. The summed E-state index contributed by atoms with van der Waals surface area (Å²) in [5.74, 6) is 2.73. The highest BCUT2D eigenvalue weighted by Crippen LogP contribution is 2.22. The standard InChI is InChI=1S/C9H19NS/c1-8-4-3-5-10(2)6-9(8)7-11/h8-9,11H,3-7H2,1-2H3/t8-,9?/m1/s1. The zero-order chi connectivity index (χ0) is 8.27. The minimum absolute atomic E-state index is 0.811. The molecule has 1 saturated heterocycles. The Labute approximate surface area is 75.6 Å². The van der Waals surface area contributed by atoms with E-state index in [0.717, 1.165) is 17.6 Å². The summed E-state index contributed by atoms with van der Waals surface area (Å²) in [6.45, 7) is 4.87. The van der Waals surface area contributed by atoms with Gasteiger partial charge in [-0.25, -0.2) is 0 Å². The van der Waals surface area contributed by atoms with E-state index in [1.165, 1.54) is 25.9 Å².